The van der Waals surface area contributed by atoms with E-state index in [1.54, 1.807) is 0 Å². The average molecular weight is 1120 g/mol. The predicted molar refractivity (Wildman–Crippen MR) is 362 cm³/mol. The zero-order valence-electron chi connectivity index (χ0n) is 51.9. The van der Waals surface area contributed by atoms with Crippen molar-refractivity contribution in [2.45, 2.75) is 111 Å². The van der Waals surface area contributed by atoms with Crippen LogP contribution >= 0.6 is 0 Å². The first kappa shape index (κ1) is 57.0. The van der Waals surface area contributed by atoms with Gasteiger partial charge in [-0.1, -0.05) is 247 Å². The molecule has 8 aromatic rings. The van der Waals surface area contributed by atoms with Crippen molar-refractivity contribution in [2.24, 2.45) is 5.92 Å². The molecule has 4 heteroatoms. The van der Waals surface area contributed by atoms with Crippen LogP contribution in [-0.2, 0) is 21.7 Å². The number of anilines is 4. The monoisotopic (exact) mass is 1120 g/mol. The molecule has 4 nitrogen and oxygen atoms in total. The third-order valence-corrected chi connectivity index (χ3v) is 17.8. The molecule has 0 bridgehead atoms. The Morgan fingerprint density at radius 3 is 1.37 bits per heavy atom. The first-order chi connectivity index (χ1) is 41.0. The quantitative estimate of drug-likeness (QED) is 0.128. The molecule has 2 atom stereocenters. The van der Waals surface area contributed by atoms with E-state index in [4.69, 9.17) is 6.57 Å². The van der Waals surface area contributed by atoms with Gasteiger partial charge in [0, 0.05) is 34.1 Å². The van der Waals surface area contributed by atoms with E-state index in [-0.39, 0.29) is 33.6 Å². The predicted octanol–water partition coefficient (Wildman–Crippen LogP) is 22.1. The summed E-state index contributed by atoms with van der Waals surface area (Å²) >= 11 is 0. The fraction of sp³-hybridized carbons (Fsp3) is 0.220. The molecule has 4 aliphatic rings. The van der Waals surface area contributed by atoms with Crippen molar-refractivity contribution >= 4 is 28.4 Å². The fourth-order valence-corrected chi connectivity index (χ4v) is 12.7. The van der Waals surface area contributed by atoms with Crippen LogP contribution in [0.15, 0.2) is 264 Å². The van der Waals surface area contributed by atoms with E-state index in [0.717, 1.165) is 67.4 Å². The minimum Gasteiger partial charge on any atom is -0.330 e. The van der Waals surface area contributed by atoms with Crippen molar-refractivity contribution in [1.82, 2.24) is 0 Å². The van der Waals surface area contributed by atoms with Crippen LogP contribution in [0, 0.1) is 23.8 Å². The molecule has 0 fully saturated rings. The van der Waals surface area contributed by atoms with E-state index >= 15 is 0 Å². The summed E-state index contributed by atoms with van der Waals surface area (Å²) in [4.78, 5) is 8.76. The Bertz CT molecular complexity index is 4260. The van der Waals surface area contributed by atoms with Crippen LogP contribution in [0.25, 0.3) is 49.4 Å². The summed E-state index contributed by atoms with van der Waals surface area (Å²) in [6.45, 7) is 35.2. The number of allylic oxidation sites excluding steroid dienone is 10. The molecule has 0 aromatic heterocycles. The van der Waals surface area contributed by atoms with Gasteiger partial charge in [-0.25, -0.2) is 4.85 Å². The summed E-state index contributed by atoms with van der Waals surface area (Å²) in [5, 5.41) is 10.1. The molecule has 2 unspecified atom stereocenters. The number of hydrogen-bond donors (Lipinski definition) is 0. The van der Waals surface area contributed by atoms with Gasteiger partial charge in [-0.3, -0.25) is 0 Å². The van der Waals surface area contributed by atoms with E-state index in [9.17, 15) is 5.26 Å². The van der Waals surface area contributed by atoms with Gasteiger partial charge in [0.25, 0.3) is 0 Å². The maximum Gasteiger partial charge on any atom is 0.187 e. The van der Waals surface area contributed by atoms with Gasteiger partial charge in [-0.05, 0) is 172 Å². The summed E-state index contributed by atoms with van der Waals surface area (Å²) in [5.41, 5.74) is 26.8. The molecule has 0 heterocycles. The maximum atomic E-state index is 10.1. The lowest BCUT2D eigenvalue weighted by Gasteiger charge is -2.44. The Balaban J connectivity index is 1.02. The van der Waals surface area contributed by atoms with E-state index in [0.29, 0.717) is 11.3 Å². The Labute approximate surface area is 511 Å². The van der Waals surface area contributed by atoms with Gasteiger partial charge < -0.3 is 9.80 Å². The Hall–Kier alpha value is -9.48. The zero-order chi connectivity index (χ0) is 60.5. The lowest BCUT2D eigenvalue weighted by atomic mass is 9.67. The molecular formula is C82H76N4. The van der Waals surface area contributed by atoms with Crippen molar-refractivity contribution in [2.75, 3.05) is 9.80 Å². The summed E-state index contributed by atoms with van der Waals surface area (Å²) < 4.78 is 0. The average Bonchev–Trinajstić information content (AvgIpc) is 0.766. The SMILES string of the molecule is [C-]#[N+]c1ccc(N(C2=C3C=CC4=C5C(=CC=C(C=C2)C35)C(N(c2ccc(C#N)cc2)c2ccc(-c3ccc(C(C)(C)C)cc3)cc2-c2ccc(C(C)(C)C)cc2)C=C4)c2ccc(-c3ccc(C(C)(C)C)cc3)cc2-c2ccc(C(C)(C)C)cc2)cc1. The van der Waals surface area contributed by atoms with E-state index < -0.39 is 0 Å². The molecule has 12 rings (SSSR count). The summed E-state index contributed by atoms with van der Waals surface area (Å²) in [6, 6.07) is 68.7. The van der Waals surface area contributed by atoms with Gasteiger partial charge in [0.1, 0.15) is 0 Å². The van der Waals surface area contributed by atoms with E-state index in [2.05, 4.69) is 310 Å². The van der Waals surface area contributed by atoms with E-state index in [1.165, 1.54) is 55.7 Å². The van der Waals surface area contributed by atoms with Crippen LogP contribution in [-0.4, -0.2) is 6.04 Å². The van der Waals surface area contributed by atoms with E-state index in [1.807, 2.05) is 24.3 Å². The standard InChI is InChI=1S/C82H76N4/c1-79(2,3)62-30-16-54(17-31-62)60-28-48-75(71(50-60)56-20-34-64(35-21-56)81(7,8)9)85(67-40-14-53(52-83)15-41-67)73-46-26-58-25-45-70-74(47-27-59-24-44-69(73)77(58)78(59)70)86(68-42-38-66(84-13)39-43-68)76-49-29-61(55-18-32-63(33-19-55)80(4,5)6)51-72(76)57-22-36-65(37-23-57)82(10,11)12/h14-51,73,78H,1-12H3. The smallest absolute Gasteiger partial charge is 0.187 e. The molecule has 8 aromatic carbocycles. The highest BCUT2D eigenvalue weighted by atomic mass is 15.2. The van der Waals surface area contributed by atoms with Crippen LogP contribution in [0.2, 0.25) is 0 Å². The molecule has 424 valence electrons. The zero-order valence-corrected chi connectivity index (χ0v) is 51.9. The van der Waals surface area contributed by atoms with Crippen molar-refractivity contribution < 1.29 is 0 Å². The Morgan fingerprint density at radius 1 is 0.442 bits per heavy atom. The minimum atomic E-state index is -0.226. The molecule has 0 N–H and O–H groups in total. The summed E-state index contributed by atoms with van der Waals surface area (Å²) in [7, 11) is 0. The normalized spacial score (nSPS) is 16.3. The second-order valence-corrected chi connectivity index (χ2v) is 27.7. The highest BCUT2D eigenvalue weighted by Crippen LogP contribution is 2.54. The molecule has 0 aliphatic heterocycles. The number of hydrogen-bond acceptors (Lipinski definition) is 3. The lowest BCUT2D eigenvalue weighted by Crippen LogP contribution is -2.37. The Morgan fingerprint density at radius 2 is 0.895 bits per heavy atom. The topological polar surface area (TPSA) is 34.6 Å². The third-order valence-electron chi connectivity index (χ3n) is 17.8. The lowest BCUT2D eigenvalue weighted by molar-refractivity contribution is 0.590. The molecular weight excluding hydrogens is 1040 g/mol. The molecule has 0 spiro atoms. The van der Waals surface area contributed by atoms with Gasteiger partial charge >= 0.3 is 0 Å². The minimum absolute atomic E-state index is 0.00860. The van der Waals surface area contributed by atoms with Crippen molar-refractivity contribution in [3.63, 3.8) is 0 Å². The second-order valence-electron chi connectivity index (χ2n) is 27.7. The van der Waals surface area contributed by atoms with Crippen molar-refractivity contribution in [1.29, 1.82) is 5.26 Å². The summed E-state index contributed by atoms with van der Waals surface area (Å²) in [6.07, 6.45) is 18.7. The number of nitrogens with zero attached hydrogens (tertiary/aromatic N) is 4. The van der Waals surface area contributed by atoms with Crippen molar-refractivity contribution in [3.8, 4) is 50.6 Å². The van der Waals surface area contributed by atoms with Crippen LogP contribution in [0.1, 0.15) is 111 Å². The first-order valence-corrected chi connectivity index (χ1v) is 30.3. The molecule has 0 saturated heterocycles. The highest BCUT2D eigenvalue weighted by molar-refractivity contribution is 5.92. The van der Waals surface area contributed by atoms with Crippen LogP contribution in [0.5, 0.6) is 0 Å². The van der Waals surface area contributed by atoms with Gasteiger partial charge in [0.2, 0.25) is 0 Å². The number of benzene rings is 8. The summed E-state index contributed by atoms with van der Waals surface area (Å²) in [5.74, 6) is -0.0757. The Kier molecular flexibility index (Phi) is 14.5. The first-order valence-electron chi connectivity index (χ1n) is 30.3. The fourth-order valence-electron chi connectivity index (χ4n) is 12.7. The van der Waals surface area contributed by atoms with Crippen LogP contribution in [0.3, 0.4) is 0 Å². The molecule has 0 amide bonds. The largest absolute Gasteiger partial charge is 0.330 e. The number of rotatable bonds is 10. The van der Waals surface area contributed by atoms with Crippen LogP contribution < -0.4 is 9.80 Å². The highest BCUT2D eigenvalue weighted by Gasteiger charge is 2.41. The molecule has 0 radical (unpaired) electrons. The van der Waals surface area contributed by atoms with Gasteiger partial charge in [0.15, 0.2) is 5.69 Å². The van der Waals surface area contributed by atoms with Gasteiger partial charge in [0.05, 0.1) is 35.6 Å². The third kappa shape index (κ3) is 10.9. The second kappa shape index (κ2) is 21.9. The van der Waals surface area contributed by atoms with Crippen molar-refractivity contribution in [3.05, 3.63) is 303 Å². The molecule has 86 heavy (non-hydrogen) atoms. The maximum absolute atomic E-state index is 10.1. The molecule has 4 aliphatic carbocycles. The van der Waals surface area contributed by atoms with Gasteiger partial charge in [-0.15, -0.1) is 0 Å². The van der Waals surface area contributed by atoms with Gasteiger partial charge in [-0.2, -0.15) is 5.26 Å². The number of nitriles is 1. The molecule has 0 saturated carbocycles. The van der Waals surface area contributed by atoms with Crippen LogP contribution in [0.4, 0.5) is 28.4 Å².